The Morgan fingerprint density at radius 2 is 1.64 bits per heavy atom. The lowest BCUT2D eigenvalue weighted by Gasteiger charge is -2.26. The molecule has 0 N–H and O–H groups in total. The molecule has 108 valence electrons. The second-order valence-electron chi connectivity index (χ2n) is 5.43. The molecule has 0 bridgehead atoms. The van der Waals surface area contributed by atoms with E-state index in [1.807, 2.05) is 30.5 Å². The Bertz CT molecular complexity index is 876. The Morgan fingerprint density at radius 1 is 1.00 bits per heavy atom. The zero-order valence-electron chi connectivity index (χ0n) is 12.0. The molecule has 0 spiro atoms. The van der Waals surface area contributed by atoms with Crippen LogP contribution < -0.4 is 0 Å². The van der Waals surface area contributed by atoms with E-state index in [0.29, 0.717) is 11.1 Å². The van der Waals surface area contributed by atoms with Gasteiger partial charge in [0.05, 0.1) is 12.7 Å². The average molecular weight is 291 g/mol. The summed E-state index contributed by atoms with van der Waals surface area (Å²) in [6, 6.07) is 11.1. The van der Waals surface area contributed by atoms with E-state index >= 15 is 0 Å². The molecule has 1 aliphatic rings. The molecule has 22 heavy (non-hydrogen) atoms. The highest BCUT2D eigenvalue weighted by Crippen LogP contribution is 2.30. The van der Waals surface area contributed by atoms with Crippen LogP contribution in [0.3, 0.4) is 0 Å². The van der Waals surface area contributed by atoms with E-state index in [1.54, 1.807) is 30.1 Å². The zero-order valence-corrected chi connectivity index (χ0v) is 12.0. The van der Waals surface area contributed by atoms with Gasteiger partial charge >= 0.3 is 0 Å². The number of amides is 2. The van der Waals surface area contributed by atoms with Crippen LogP contribution in [0.2, 0.25) is 0 Å². The van der Waals surface area contributed by atoms with Crippen LogP contribution in [0.15, 0.2) is 48.8 Å². The van der Waals surface area contributed by atoms with Gasteiger partial charge in [0.2, 0.25) is 0 Å². The Kier molecular flexibility index (Phi) is 2.63. The highest BCUT2D eigenvalue weighted by molar-refractivity contribution is 6.25. The van der Waals surface area contributed by atoms with E-state index in [0.717, 1.165) is 16.3 Å². The summed E-state index contributed by atoms with van der Waals surface area (Å²) in [5.74, 6) is -0.503. The van der Waals surface area contributed by atoms with E-state index in [-0.39, 0.29) is 18.4 Å². The monoisotopic (exact) mass is 291 g/mol. The number of aromatic nitrogens is 2. The second kappa shape index (κ2) is 4.53. The van der Waals surface area contributed by atoms with E-state index in [1.165, 1.54) is 4.90 Å². The molecule has 4 rings (SSSR count). The average Bonchev–Trinajstić information content (AvgIpc) is 2.94. The third-order valence-corrected chi connectivity index (χ3v) is 3.95. The summed E-state index contributed by atoms with van der Waals surface area (Å²) in [5, 5.41) is 5.75. The first-order valence-corrected chi connectivity index (χ1v) is 7.00. The fourth-order valence-corrected chi connectivity index (χ4v) is 2.96. The van der Waals surface area contributed by atoms with Crippen molar-refractivity contribution in [3.05, 3.63) is 65.5 Å². The zero-order chi connectivity index (χ0) is 15.3. The minimum absolute atomic E-state index is 0.232. The Hall–Kier alpha value is -2.95. The molecular weight excluding hydrogens is 278 g/mol. The number of nitrogens with zero attached hydrogens (tertiary/aromatic N) is 3. The molecule has 2 amide bonds. The molecule has 0 saturated heterocycles. The first kappa shape index (κ1) is 12.8. The van der Waals surface area contributed by atoms with Crippen LogP contribution in [0.1, 0.15) is 26.3 Å². The number of hydrogen-bond donors (Lipinski definition) is 0. The van der Waals surface area contributed by atoms with Crippen LogP contribution in [0.25, 0.3) is 10.8 Å². The van der Waals surface area contributed by atoms with Gasteiger partial charge in [-0.2, -0.15) is 5.10 Å². The molecule has 1 aliphatic heterocycles. The number of benzene rings is 2. The maximum atomic E-state index is 12.7. The molecule has 5 nitrogen and oxygen atoms in total. The van der Waals surface area contributed by atoms with Crippen molar-refractivity contribution < 1.29 is 9.59 Å². The van der Waals surface area contributed by atoms with E-state index < -0.39 is 0 Å². The topological polar surface area (TPSA) is 55.2 Å². The van der Waals surface area contributed by atoms with E-state index in [2.05, 4.69) is 5.10 Å². The van der Waals surface area contributed by atoms with Gasteiger partial charge in [0.15, 0.2) is 0 Å². The maximum Gasteiger partial charge on any atom is 0.261 e. The minimum Gasteiger partial charge on any atom is -0.275 e. The predicted octanol–water partition coefficient (Wildman–Crippen LogP) is 2.37. The predicted molar refractivity (Wildman–Crippen MR) is 81.4 cm³/mol. The second-order valence-corrected chi connectivity index (χ2v) is 5.43. The molecule has 3 aromatic rings. The summed E-state index contributed by atoms with van der Waals surface area (Å²) in [7, 11) is 1.80. The summed E-state index contributed by atoms with van der Waals surface area (Å²) in [5.41, 5.74) is 1.99. The van der Waals surface area contributed by atoms with Gasteiger partial charge in [-0.25, -0.2) is 0 Å². The van der Waals surface area contributed by atoms with Gasteiger partial charge in [-0.3, -0.25) is 19.2 Å². The van der Waals surface area contributed by atoms with Gasteiger partial charge in [0.25, 0.3) is 11.8 Å². The molecule has 0 radical (unpaired) electrons. The van der Waals surface area contributed by atoms with Crippen LogP contribution in [0.5, 0.6) is 0 Å². The number of imide groups is 1. The first-order valence-electron chi connectivity index (χ1n) is 7.00. The van der Waals surface area contributed by atoms with Crippen LogP contribution >= 0.6 is 0 Å². The van der Waals surface area contributed by atoms with E-state index in [4.69, 9.17) is 0 Å². The van der Waals surface area contributed by atoms with Gasteiger partial charge in [-0.1, -0.05) is 24.3 Å². The van der Waals surface area contributed by atoms with Gasteiger partial charge in [0.1, 0.15) is 0 Å². The number of carbonyl (C=O) groups is 2. The van der Waals surface area contributed by atoms with Crippen LogP contribution in [0, 0.1) is 0 Å². The van der Waals surface area contributed by atoms with Crippen molar-refractivity contribution in [1.29, 1.82) is 0 Å². The quantitative estimate of drug-likeness (QED) is 0.681. The SMILES string of the molecule is Cn1cc(CN2C(=O)c3cccc4cccc(c34)C2=O)cn1. The fraction of sp³-hybridized carbons (Fsp3) is 0.118. The lowest BCUT2D eigenvalue weighted by atomic mass is 9.94. The Morgan fingerprint density at radius 3 is 2.18 bits per heavy atom. The van der Waals surface area contributed by atoms with Gasteiger partial charge in [-0.15, -0.1) is 0 Å². The van der Waals surface area contributed by atoms with Crippen molar-refractivity contribution >= 4 is 22.6 Å². The molecule has 1 aromatic heterocycles. The summed E-state index contributed by atoms with van der Waals surface area (Å²) < 4.78 is 1.66. The number of carbonyl (C=O) groups excluding carboxylic acids is 2. The Labute approximate surface area is 126 Å². The minimum atomic E-state index is -0.252. The van der Waals surface area contributed by atoms with Crippen molar-refractivity contribution in [3.8, 4) is 0 Å². The van der Waals surface area contributed by atoms with Gasteiger partial charge in [-0.05, 0) is 17.5 Å². The summed E-state index contributed by atoms with van der Waals surface area (Å²) in [6.45, 7) is 0.232. The lowest BCUT2D eigenvalue weighted by molar-refractivity contribution is 0.0598. The molecule has 2 heterocycles. The molecule has 0 unspecified atom stereocenters. The molecule has 5 heteroatoms. The smallest absolute Gasteiger partial charge is 0.261 e. The summed E-state index contributed by atoms with van der Waals surface area (Å²) in [4.78, 5) is 26.7. The van der Waals surface area contributed by atoms with Crippen molar-refractivity contribution in [3.63, 3.8) is 0 Å². The van der Waals surface area contributed by atoms with Crippen molar-refractivity contribution in [2.24, 2.45) is 7.05 Å². The largest absolute Gasteiger partial charge is 0.275 e. The fourth-order valence-electron chi connectivity index (χ4n) is 2.96. The summed E-state index contributed by atoms with van der Waals surface area (Å²) in [6.07, 6.45) is 3.48. The number of rotatable bonds is 2. The molecule has 2 aromatic carbocycles. The highest BCUT2D eigenvalue weighted by atomic mass is 16.2. The van der Waals surface area contributed by atoms with Gasteiger partial charge in [0, 0.05) is 35.3 Å². The molecule has 0 saturated carbocycles. The van der Waals surface area contributed by atoms with Crippen molar-refractivity contribution in [2.75, 3.05) is 0 Å². The normalized spacial score (nSPS) is 14.0. The third kappa shape index (κ3) is 1.75. The number of aryl methyl sites for hydroxylation is 1. The highest BCUT2D eigenvalue weighted by Gasteiger charge is 2.32. The maximum absolute atomic E-state index is 12.7. The van der Waals surface area contributed by atoms with Crippen molar-refractivity contribution in [2.45, 2.75) is 6.54 Å². The number of hydrogen-bond acceptors (Lipinski definition) is 3. The standard InChI is InChI=1S/C17H13N3O2/c1-19-9-11(8-18-19)10-20-16(21)13-6-2-4-12-5-3-7-14(15(12)13)17(20)22/h2-9H,10H2,1H3. The first-order chi connectivity index (χ1) is 10.6. The molecule has 0 aliphatic carbocycles. The van der Waals surface area contributed by atoms with Crippen LogP contribution in [-0.4, -0.2) is 26.5 Å². The lowest BCUT2D eigenvalue weighted by Crippen LogP contribution is -2.39. The van der Waals surface area contributed by atoms with Crippen LogP contribution in [-0.2, 0) is 13.6 Å². The van der Waals surface area contributed by atoms with Gasteiger partial charge < -0.3 is 0 Å². The molecule has 0 atom stereocenters. The third-order valence-electron chi connectivity index (χ3n) is 3.95. The molecular formula is C17H13N3O2. The summed E-state index contributed by atoms with van der Waals surface area (Å²) >= 11 is 0. The molecule has 0 fully saturated rings. The van der Waals surface area contributed by atoms with Crippen molar-refractivity contribution in [1.82, 2.24) is 14.7 Å². The van der Waals surface area contributed by atoms with Crippen LogP contribution in [0.4, 0.5) is 0 Å². The van der Waals surface area contributed by atoms with E-state index in [9.17, 15) is 9.59 Å². The Balaban J connectivity index is 1.85.